The van der Waals surface area contributed by atoms with Crippen molar-refractivity contribution in [2.24, 2.45) is 0 Å². The lowest BCUT2D eigenvalue weighted by Crippen LogP contribution is -1.92. The van der Waals surface area contributed by atoms with Crippen LogP contribution in [-0.2, 0) is 0 Å². The van der Waals surface area contributed by atoms with Crippen molar-refractivity contribution in [2.75, 3.05) is 6.61 Å². The summed E-state index contributed by atoms with van der Waals surface area (Å²) in [4.78, 5) is 0. The molecule has 0 unspecified atom stereocenters. The van der Waals surface area contributed by atoms with E-state index in [9.17, 15) is 8.78 Å². The molecule has 3 heteroatoms. The SMILES string of the molecule is Cc1ccc(F)c(C=CCO)c1F. The third-order valence-electron chi connectivity index (χ3n) is 1.71. The van der Waals surface area contributed by atoms with E-state index in [4.69, 9.17) is 5.11 Å². The van der Waals surface area contributed by atoms with Gasteiger partial charge in [0.2, 0.25) is 0 Å². The summed E-state index contributed by atoms with van der Waals surface area (Å²) in [6.07, 6.45) is 2.53. The van der Waals surface area contributed by atoms with E-state index >= 15 is 0 Å². The molecule has 0 aromatic heterocycles. The van der Waals surface area contributed by atoms with Crippen molar-refractivity contribution in [3.05, 3.63) is 41.0 Å². The Morgan fingerprint density at radius 1 is 1.38 bits per heavy atom. The van der Waals surface area contributed by atoms with Crippen LogP contribution in [0.25, 0.3) is 6.08 Å². The average molecular weight is 184 g/mol. The van der Waals surface area contributed by atoms with E-state index in [0.29, 0.717) is 5.56 Å². The van der Waals surface area contributed by atoms with Gasteiger partial charge in [-0.05, 0) is 18.6 Å². The summed E-state index contributed by atoms with van der Waals surface area (Å²) in [5, 5.41) is 8.45. The summed E-state index contributed by atoms with van der Waals surface area (Å²) in [5.41, 5.74) is 0.285. The summed E-state index contributed by atoms with van der Waals surface area (Å²) in [5.74, 6) is -1.20. The lowest BCUT2D eigenvalue weighted by molar-refractivity contribution is 0.343. The fourth-order valence-electron chi connectivity index (χ4n) is 1.00. The fourth-order valence-corrected chi connectivity index (χ4v) is 1.00. The number of hydrogen-bond acceptors (Lipinski definition) is 1. The zero-order valence-corrected chi connectivity index (χ0v) is 7.22. The molecule has 1 nitrogen and oxygen atoms in total. The van der Waals surface area contributed by atoms with Crippen molar-refractivity contribution in [2.45, 2.75) is 6.92 Å². The third-order valence-corrected chi connectivity index (χ3v) is 1.71. The predicted octanol–water partition coefficient (Wildman–Crippen LogP) is 2.28. The predicted molar refractivity (Wildman–Crippen MR) is 47.2 cm³/mol. The first-order chi connectivity index (χ1) is 6.16. The molecule has 0 aliphatic carbocycles. The van der Waals surface area contributed by atoms with Crippen molar-refractivity contribution in [3.63, 3.8) is 0 Å². The molecular formula is C10H10F2O. The maximum absolute atomic E-state index is 13.2. The highest BCUT2D eigenvalue weighted by Crippen LogP contribution is 2.17. The Hall–Kier alpha value is -1.22. The second-order valence-corrected chi connectivity index (χ2v) is 2.68. The standard InChI is InChI=1S/C10H10F2O/c1-7-4-5-9(11)8(10(7)12)3-2-6-13/h2-5,13H,6H2,1H3. The zero-order chi connectivity index (χ0) is 9.84. The van der Waals surface area contributed by atoms with Crippen LogP contribution in [0.2, 0.25) is 0 Å². The minimum atomic E-state index is -0.618. The minimum Gasteiger partial charge on any atom is -0.392 e. The lowest BCUT2D eigenvalue weighted by Gasteiger charge is -2.01. The van der Waals surface area contributed by atoms with Gasteiger partial charge in [-0.2, -0.15) is 0 Å². The average Bonchev–Trinajstić information content (AvgIpc) is 2.12. The summed E-state index contributed by atoms with van der Waals surface area (Å²) < 4.78 is 26.2. The van der Waals surface area contributed by atoms with Crippen LogP contribution < -0.4 is 0 Å². The van der Waals surface area contributed by atoms with Crippen LogP contribution in [0.15, 0.2) is 18.2 Å². The Labute approximate surface area is 75.3 Å². The van der Waals surface area contributed by atoms with E-state index < -0.39 is 11.6 Å². The Morgan fingerprint density at radius 3 is 2.69 bits per heavy atom. The highest BCUT2D eigenvalue weighted by Gasteiger charge is 2.07. The molecule has 1 aromatic carbocycles. The highest BCUT2D eigenvalue weighted by molar-refractivity contribution is 5.52. The number of aliphatic hydroxyl groups excluding tert-OH is 1. The van der Waals surface area contributed by atoms with Gasteiger partial charge in [0, 0.05) is 5.56 Å². The van der Waals surface area contributed by atoms with Crippen LogP contribution in [0, 0.1) is 18.6 Å². The number of hydrogen-bond donors (Lipinski definition) is 1. The van der Waals surface area contributed by atoms with Crippen LogP contribution >= 0.6 is 0 Å². The Kier molecular flexibility index (Phi) is 3.14. The van der Waals surface area contributed by atoms with Gasteiger partial charge in [0.15, 0.2) is 0 Å². The van der Waals surface area contributed by atoms with Gasteiger partial charge in [0.1, 0.15) is 11.6 Å². The molecule has 0 saturated heterocycles. The molecule has 13 heavy (non-hydrogen) atoms. The van der Waals surface area contributed by atoms with Gasteiger partial charge in [-0.1, -0.05) is 18.2 Å². The van der Waals surface area contributed by atoms with E-state index in [0.717, 1.165) is 0 Å². The van der Waals surface area contributed by atoms with Gasteiger partial charge in [-0.15, -0.1) is 0 Å². The molecule has 1 aromatic rings. The molecule has 0 aliphatic rings. The molecule has 0 radical (unpaired) electrons. The van der Waals surface area contributed by atoms with E-state index in [2.05, 4.69) is 0 Å². The van der Waals surface area contributed by atoms with Crippen LogP contribution in [0.1, 0.15) is 11.1 Å². The maximum atomic E-state index is 13.2. The summed E-state index contributed by atoms with van der Waals surface area (Å²) in [6.45, 7) is 1.33. The lowest BCUT2D eigenvalue weighted by atomic mass is 10.1. The molecule has 0 fully saturated rings. The number of halogens is 2. The molecule has 0 heterocycles. The summed E-state index contributed by atoms with van der Waals surface area (Å²) >= 11 is 0. The molecular weight excluding hydrogens is 174 g/mol. The Bertz CT molecular complexity index is 332. The van der Waals surface area contributed by atoms with Crippen LogP contribution in [0.5, 0.6) is 0 Å². The summed E-state index contributed by atoms with van der Waals surface area (Å²) in [6, 6.07) is 2.58. The van der Waals surface area contributed by atoms with E-state index in [1.54, 1.807) is 6.92 Å². The van der Waals surface area contributed by atoms with Crippen molar-refractivity contribution in [1.29, 1.82) is 0 Å². The number of benzene rings is 1. The quantitative estimate of drug-likeness (QED) is 0.747. The van der Waals surface area contributed by atoms with Crippen LogP contribution in [-0.4, -0.2) is 11.7 Å². The zero-order valence-electron chi connectivity index (χ0n) is 7.22. The number of rotatable bonds is 2. The highest BCUT2D eigenvalue weighted by atomic mass is 19.1. The van der Waals surface area contributed by atoms with Crippen molar-refractivity contribution >= 4 is 6.08 Å². The van der Waals surface area contributed by atoms with Crippen molar-refractivity contribution in [1.82, 2.24) is 0 Å². The Morgan fingerprint density at radius 2 is 2.08 bits per heavy atom. The molecule has 0 aliphatic heterocycles. The first kappa shape index (κ1) is 9.86. The molecule has 70 valence electrons. The topological polar surface area (TPSA) is 20.2 Å². The first-order valence-electron chi connectivity index (χ1n) is 3.89. The summed E-state index contributed by atoms with van der Waals surface area (Å²) in [7, 11) is 0. The molecule has 1 N–H and O–H groups in total. The molecule has 0 atom stereocenters. The van der Waals surface area contributed by atoms with Gasteiger partial charge in [0.05, 0.1) is 6.61 Å². The van der Waals surface area contributed by atoms with Crippen LogP contribution in [0.4, 0.5) is 8.78 Å². The van der Waals surface area contributed by atoms with Crippen molar-refractivity contribution in [3.8, 4) is 0 Å². The van der Waals surface area contributed by atoms with E-state index in [1.807, 2.05) is 0 Å². The fraction of sp³-hybridized carbons (Fsp3) is 0.200. The normalized spacial score (nSPS) is 11.1. The molecule has 0 spiro atoms. The van der Waals surface area contributed by atoms with E-state index in [1.165, 1.54) is 24.3 Å². The van der Waals surface area contributed by atoms with Gasteiger partial charge >= 0.3 is 0 Å². The van der Waals surface area contributed by atoms with Gasteiger partial charge in [-0.25, -0.2) is 8.78 Å². The number of aliphatic hydroxyl groups is 1. The van der Waals surface area contributed by atoms with Gasteiger partial charge < -0.3 is 5.11 Å². The van der Waals surface area contributed by atoms with E-state index in [-0.39, 0.29) is 12.2 Å². The molecule has 0 amide bonds. The Balaban J connectivity index is 3.17. The van der Waals surface area contributed by atoms with Crippen LogP contribution in [0.3, 0.4) is 0 Å². The minimum absolute atomic E-state index is 0.103. The van der Waals surface area contributed by atoms with Gasteiger partial charge in [0.25, 0.3) is 0 Å². The second kappa shape index (κ2) is 4.14. The molecule has 0 bridgehead atoms. The smallest absolute Gasteiger partial charge is 0.136 e. The largest absolute Gasteiger partial charge is 0.392 e. The molecule has 0 saturated carbocycles. The van der Waals surface area contributed by atoms with Crippen molar-refractivity contribution < 1.29 is 13.9 Å². The third kappa shape index (κ3) is 2.12. The molecule has 1 rings (SSSR count). The second-order valence-electron chi connectivity index (χ2n) is 2.68. The number of aryl methyl sites for hydroxylation is 1. The maximum Gasteiger partial charge on any atom is 0.136 e. The monoisotopic (exact) mass is 184 g/mol. The first-order valence-corrected chi connectivity index (χ1v) is 3.89. The van der Waals surface area contributed by atoms with Gasteiger partial charge in [-0.3, -0.25) is 0 Å².